The normalized spacial score (nSPS) is 10.2. The molecule has 1 aromatic heterocycles. The molecule has 6 heteroatoms. The van der Waals surface area contributed by atoms with Gasteiger partial charge in [-0.2, -0.15) is 4.98 Å². The lowest BCUT2D eigenvalue weighted by molar-refractivity contribution is 0.350. The van der Waals surface area contributed by atoms with Crippen molar-refractivity contribution in [3.63, 3.8) is 0 Å². The fourth-order valence-electron chi connectivity index (χ4n) is 2.63. The molecule has 0 saturated heterocycles. The lowest BCUT2D eigenvalue weighted by Gasteiger charge is -2.21. The first-order chi connectivity index (χ1) is 12.2. The van der Waals surface area contributed by atoms with Crippen LogP contribution in [0.4, 0.5) is 11.5 Å². The van der Waals surface area contributed by atoms with E-state index in [2.05, 4.69) is 16.8 Å². The third-order valence-electron chi connectivity index (χ3n) is 3.84. The van der Waals surface area contributed by atoms with Crippen LogP contribution in [0.15, 0.2) is 48.5 Å². The van der Waals surface area contributed by atoms with E-state index in [0.29, 0.717) is 16.9 Å². The second-order valence-corrected chi connectivity index (χ2v) is 5.34. The van der Waals surface area contributed by atoms with Crippen LogP contribution in [-0.4, -0.2) is 34.7 Å². The number of aromatic nitrogens is 2. The zero-order valence-corrected chi connectivity index (χ0v) is 13.7. The maximum Gasteiger partial charge on any atom is 0.229 e. The summed E-state index contributed by atoms with van der Waals surface area (Å²) in [6.07, 6.45) is 1.06. The van der Waals surface area contributed by atoms with Crippen molar-refractivity contribution >= 4 is 28.7 Å². The second kappa shape index (κ2) is 6.99. The number of anilines is 2. The van der Waals surface area contributed by atoms with Gasteiger partial charge >= 0.3 is 0 Å². The van der Waals surface area contributed by atoms with Crippen LogP contribution >= 0.6 is 0 Å². The summed E-state index contributed by atoms with van der Waals surface area (Å²) in [6.45, 7) is -0.218. The number of hydrogen-bond acceptors (Lipinski definition) is 5. The van der Waals surface area contributed by atoms with E-state index in [0.717, 1.165) is 17.4 Å². The van der Waals surface area contributed by atoms with E-state index in [1.165, 1.54) is 4.57 Å². The molecule has 0 bridgehead atoms. The number of benzene rings is 2. The SMILES string of the molecule is CN(c1ccccc1)c1nc(=N)n(C=N)c2cc(C#CCO)ccc12. The van der Waals surface area contributed by atoms with Crippen LogP contribution in [0.25, 0.3) is 10.9 Å². The largest absolute Gasteiger partial charge is 0.384 e. The third-order valence-corrected chi connectivity index (χ3v) is 3.84. The highest BCUT2D eigenvalue weighted by Gasteiger charge is 2.13. The third kappa shape index (κ3) is 3.13. The Morgan fingerprint density at radius 2 is 2.00 bits per heavy atom. The molecule has 0 radical (unpaired) electrons. The molecule has 0 fully saturated rings. The van der Waals surface area contributed by atoms with Gasteiger partial charge in [0.15, 0.2) is 0 Å². The maximum atomic E-state index is 8.87. The predicted molar refractivity (Wildman–Crippen MR) is 98.2 cm³/mol. The molecule has 0 saturated carbocycles. The Kier molecular flexibility index (Phi) is 4.59. The second-order valence-electron chi connectivity index (χ2n) is 5.34. The molecule has 0 unspecified atom stereocenters. The molecule has 0 atom stereocenters. The Morgan fingerprint density at radius 1 is 1.24 bits per heavy atom. The first-order valence-corrected chi connectivity index (χ1v) is 7.65. The van der Waals surface area contributed by atoms with E-state index in [1.54, 1.807) is 6.07 Å². The van der Waals surface area contributed by atoms with Crippen LogP contribution in [0.2, 0.25) is 0 Å². The van der Waals surface area contributed by atoms with Crippen LogP contribution in [-0.2, 0) is 0 Å². The zero-order chi connectivity index (χ0) is 17.8. The molecule has 0 aliphatic rings. The Morgan fingerprint density at radius 3 is 2.68 bits per heavy atom. The van der Waals surface area contributed by atoms with Crippen molar-refractivity contribution in [1.29, 1.82) is 10.8 Å². The molecule has 25 heavy (non-hydrogen) atoms. The molecule has 1 heterocycles. The minimum Gasteiger partial charge on any atom is -0.384 e. The van der Waals surface area contributed by atoms with Gasteiger partial charge in [0.25, 0.3) is 0 Å². The van der Waals surface area contributed by atoms with Crippen LogP contribution < -0.4 is 10.5 Å². The topological polar surface area (TPSA) is 89.0 Å². The van der Waals surface area contributed by atoms with Gasteiger partial charge < -0.3 is 10.0 Å². The fourth-order valence-corrected chi connectivity index (χ4v) is 2.63. The van der Waals surface area contributed by atoms with E-state index < -0.39 is 0 Å². The molecule has 0 amide bonds. The smallest absolute Gasteiger partial charge is 0.229 e. The molecule has 0 aliphatic carbocycles. The number of aliphatic hydroxyl groups is 1. The van der Waals surface area contributed by atoms with E-state index >= 15 is 0 Å². The van der Waals surface area contributed by atoms with Crippen molar-refractivity contribution in [3.8, 4) is 11.8 Å². The standard InChI is InChI=1S/C19H17N5O/c1-23(15-7-3-2-4-8-15)18-16-10-9-14(6-5-11-25)12-17(16)24(13-20)19(21)22-18/h2-4,7-10,12-13,20-21,25H,11H2,1H3. The molecule has 3 N–H and O–H groups in total. The van der Waals surface area contributed by atoms with E-state index in [9.17, 15) is 0 Å². The van der Waals surface area contributed by atoms with Crippen LogP contribution in [0.1, 0.15) is 5.56 Å². The van der Waals surface area contributed by atoms with Gasteiger partial charge in [-0.3, -0.25) is 15.4 Å². The first kappa shape index (κ1) is 16.4. The van der Waals surface area contributed by atoms with Gasteiger partial charge in [-0.1, -0.05) is 30.0 Å². The highest BCUT2D eigenvalue weighted by Crippen LogP contribution is 2.28. The van der Waals surface area contributed by atoms with Gasteiger partial charge in [-0.15, -0.1) is 0 Å². The molecular weight excluding hydrogens is 314 g/mol. The highest BCUT2D eigenvalue weighted by molar-refractivity contribution is 5.94. The molecule has 3 rings (SSSR count). The number of para-hydroxylation sites is 1. The summed E-state index contributed by atoms with van der Waals surface area (Å²) < 4.78 is 1.39. The highest BCUT2D eigenvalue weighted by atomic mass is 16.2. The van der Waals surface area contributed by atoms with Crippen LogP contribution in [0, 0.1) is 22.7 Å². The fraction of sp³-hybridized carbons (Fsp3) is 0.105. The van der Waals surface area contributed by atoms with Crippen LogP contribution in [0.5, 0.6) is 0 Å². The molecular formula is C19H17N5O. The van der Waals surface area contributed by atoms with Gasteiger partial charge in [0.1, 0.15) is 12.4 Å². The number of rotatable bonds is 3. The predicted octanol–water partition coefficient (Wildman–Crippen LogP) is 2.08. The van der Waals surface area contributed by atoms with Gasteiger partial charge in [-0.05, 0) is 30.3 Å². The molecule has 0 aliphatic heterocycles. The Balaban J connectivity index is 2.27. The van der Waals surface area contributed by atoms with Crippen molar-refractivity contribution in [2.24, 2.45) is 0 Å². The van der Waals surface area contributed by atoms with Crippen molar-refractivity contribution in [3.05, 3.63) is 59.7 Å². The Hall–Kier alpha value is -3.43. The van der Waals surface area contributed by atoms with E-state index in [-0.39, 0.29) is 12.2 Å². The maximum absolute atomic E-state index is 8.87. The van der Waals surface area contributed by atoms with Crippen molar-refractivity contribution in [2.75, 3.05) is 18.6 Å². The summed E-state index contributed by atoms with van der Waals surface area (Å²) in [4.78, 5) is 6.28. The molecule has 124 valence electrons. The monoisotopic (exact) mass is 331 g/mol. The van der Waals surface area contributed by atoms with Crippen molar-refractivity contribution < 1.29 is 5.11 Å². The van der Waals surface area contributed by atoms with Gasteiger partial charge in [0, 0.05) is 23.7 Å². The molecule has 2 aromatic carbocycles. The van der Waals surface area contributed by atoms with Crippen molar-refractivity contribution in [1.82, 2.24) is 9.55 Å². The van der Waals surface area contributed by atoms with Gasteiger partial charge in [0.05, 0.1) is 11.9 Å². The lowest BCUT2D eigenvalue weighted by atomic mass is 10.1. The average Bonchev–Trinajstić information content (AvgIpc) is 2.65. The minimum absolute atomic E-state index is 0.0347. The molecule has 6 nitrogen and oxygen atoms in total. The summed E-state index contributed by atoms with van der Waals surface area (Å²) in [5.41, 5.74) is 2.29. The summed E-state index contributed by atoms with van der Waals surface area (Å²) in [5, 5.41) is 25.4. The zero-order valence-electron chi connectivity index (χ0n) is 13.7. The number of fused-ring (bicyclic) bond motifs is 1. The average molecular weight is 331 g/mol. The first-order valence-electron chi connectivity index (χ1n) is 7.65. The van der Waals surface area contributed by atoms with E-state index in [4.69, 9.17) is 15.9 Å². The van der Waals surface area contributed by atoms with Crippen LogP contribution in [0.3, 0.4) is 0 Å². The summed E-state index contributed by atoms with van der Waals surface area (Å²) >= 11 is 0. The number of nitrogens with zero attached hydrogens (tertiary/aromatic N) is 3. The van der Waals surface area contributed by atoms with Gasteiger partial charge in [0.2, 0.25) is 5.62 Å². The lowest BCUT2D eigenvalue weighted by Crippen LogP contribution is -2.26. The Labute approximate surface area is 145 Å². The number of aliphatic hydroxyl groups excluding tert-OH is 1. The summed E-state index contributed by atoms with van der Waals surface area (Å²) in [5.74, 6) is 6.10. The minimum atomic E-state index is -0.218. The van der Waals surface area contributed by atoms with Crippen molar-refractivity contribution in [2.45, 2.75) is 0 Å². The van der Waals surface area contributed by atoms with E-state index in [1.807, 2.05) is 54.4 Å². The molecule has 0 spiro atoms. The number of hydrogen-bond donors (Lipinski definition) is 3. The number of nitrogens with one attached hydrogen (secondary N) is 2. The summed E-state index contributed by atoms with van der Waals surface area (Å²) in [7, 11) is 1.89. The summed E-state index contributed by atoms with van der Waals surface area (Å²) in [6, 6.07) is 15.3. The van der Waals surface area contributed by atoms with Gasteiger partial charge in [-0.25, -0.2) is 0 Å². The Bertz CT molecular complexity index is 1040. The quantitative estimate of drug-likeness (QED) is 0.390. The molecule has 3 aromatic rings.